The monoisotopic (exact) mass is 438 g/mol. The van der Waals surface area contributed by atoms with Crippen LogP contribution in [0.1, 0.15) is 22.3 Å². The fourth-order valence-corrected chi connectivity index (χ4v) is 4.78. The number of rotatable bonds is 4. The van der Waals surface area contributed by atoms with E-state index in [2.05, 4.69) is 131 Å². The standard InChI is InChI=1S/C32H26N2/c1-33-18-14-23(15-19-33)6-8-27-22-28(9-7-24-16-20-34(2)21-17-24)30-13-11-26-5-3-4-25-10-12-29(27)32(30)31(25)26/h3-22H,1-2H3/q+2/b8-6+,9-7+. The molecular formula is C32H26N2+2. The van der Waals surface area contributed by atoms with Gasteiger partial charge in [-0.25, -0.2) is 9.13 Å². The van der Waals surface area contributed by atoms with Crippen molar-refractivity contribution >= 4 is 56.6 Å². The zero-order valence-electron chi connectivity index (χ0n) is 19.4. The molecule has 0 saturated carbocycles. The summed E-state index contributed by atoms with van der Waals surface area (Å²) in [6.45, 7) is 0. The topological polar surface area (TPSA) is 7.76 Å². The molecule has 0 bridgehead atoms. The molecule has 34 heavy (non-hydrogen) atoms. The highest BCUT2D eigenvalue weighted by Gasteiger charge is 2.12. The van der Waals surface area contributed by atoms with Gasteiger partial charge in [0.15, 0.2) is 24.8 Å². The Balaban J connectivity index is 1.58. The Labute approximate surface area is 199 Å². The number of benzene rings is 4. The predicted molar refractivity (Wildman–Crippen MR) is 143 cm³/mol. The summed E-state index contributed by atoms with van der Waals surface area (Å²) >= 11 is 0. The number of aromatic nitrogens is 2. The van der Waals surface area contributed by atoms with Crippen molar-refractivity contribution in [1.82, 2.24) is 0 Å². The van der Waals surface area contributed by atoms with Crippen LogP contribution in [-0.4, -0.2) is 0 Å². The summed E-state index contributed by atoms with van der Waals surface area (Å²) in [6.07, 6.45) is 17.2. The average molecular weight is 439 g/mol. The Kier molecular flexibility index (Phi) is 4.92. The van der Waals surface area contributed by atoms with Crippen molar-refractivity contribution in [3.8, 4) is 0 Å². The maximum absolute atomic E-state index is 2.32. The fourth-order valence-electron chi connectivity index (χ4n) is 4.78. The van der Waals surface area contributed by atoms with Gasteiger partial charge in [-0.2, -0.15) is 0 Å². The highest BCUT2D eigenvalue weighted by Crippen LogP contribution is 2.38. The molecular weight excluding hydrogens is 412 g/mol. The first kappa shape index (κ1) is 20.3. The van der Waals surface area contributed by atoms with Crippen LogP contribution < -0.4 is 9.13 Å². The lowest BCUT2D eigenvalue weighted by Crippen LogP contribution is -2.25. The Bertz CT molecular complexity index is 1570. The lowest BCUT2D eigenvalue weighted by Gasteiger charge is -2.15. The predicted octanol–water partition coefficient (Wildman–Crippen LogP) is 6.57. The van der Waals surface area contributed by atoms with Crippen molar-refractivity contribution in [2.75, 3.05) is 0 Å². The lowest BCUT2D eigenvalue weighted by molar-refractivity contribution is -0.671. The average Bonchev–Trinajstić information content (AvgIpc) is 2.87. The molecule has 0 fully saturated rings. The second-order valence-electron chi connectivity index (χ2n) is 9.00. The van der Waals surface area contributed by atoms with E-state index in [0.717, 1.165) is 0 Å². The van der Waals surface area contributed by atoms with Gasteiger partial charge in [0.1, 0.15) is 14.1 Å². The van der Waals surface area contributed by atoms with Crippen molar-refractivity contribution in [3.05, 3.63) is 120 Å². The Morgan fingerprint density at radius 1 is 0.500 bits per heavy atom. The van der Waals surface area contributed by atoms with E-state index >= 15 is 0 Å². The maximum Gasteiger partial charge on any atom is 0.169 e. The van der Waals surface area contributed by atoms with E-state index in [1.54, 1.807) is 0 Å². The molecule has 0 N–H and O–H groups in total. The van der Waals surface area contributed by atoms with Gasteiger partial charge in [-0.1, -0.05) is 66.8 Å². The highest BCUT2D eigenvalue weighted by atomic mass is 14.9. The van der Waals surface area contributed by atoms with Crippen molar-refractivity contribution < 1.29 is 9.13 Å². The summed E-state index contributed by atoms with van der Waals surface area (Å²) in [4.78, 5) is 0. The van der Waals surface area contributed by atoms with Gasteiger partial charge in [0.05, 0.1) is 0 Å². The van der Waals surface area contributed by atoms with E-state index in [0.29, 0.717) is 0 Å². The van der Waals surface area contributed by atoms with E-state index in [-0.39, 0.29) is 0 Å². The minimum Gasteiger partial charge on any atom is -0.208 e. The van der Waals surface area contributed by atoms with Crippen LogP contribution in [0, 0.1) is 0 Å². The molecule has 162 valence electrons. The van der Waals surface area contributed by atoms with Crippen LogP contribution >= 0.6 is 0 Å². The van der Waals surface area contributed by atoms with Crippen LogP contribution in [0.2, 0.25) is 0 Å². The fraction of sp³-hybridized carbons (Fsp3) is 0.0625. The maximum atomic E-state index is 2.32. The normalized spacial score (nSPS) is 12.2. The van der Waals surface area contributed by atoms with Crippen molar-refractivity contribution in [2.24, 2.45) is 14.1 Å². The van der Waals surface area contributed by atoms with Gasteiger partial charge in [0.2, 0.25) is 0 Å². The number of nitrogens with zero attached hydrogens (tertiary/aromatic N) is 2. The molecule has 0 aliphatic rings. The van der Waals surface area contributed by atoms with Crippen LogP contribution in [0.15, 0.2) is 97.6 Å². The number of pyridine rings is 2. The van der Waals surface area contributed by atoms with E-state index in [4.69, 9.17) is 0 Å². The molecule has 0 aliphatic heterocycles. The third kappa shape index (κ3) is 3.64. The summed E-state index contributed by atoms with van der Waals surface area (Å²) in [7, 11) is 4.08. The summed E-state index contributed by atoms with van der Waals surface area (Å²) in [6, 6.07) is 26.5. The van der Waals surface area contributed by atoms with E-state index in [1.165, 1.54) is 54.6 Å². The first-order chi connectivity index (χ1) is 16.7. The van der Waals surface area contributed by atoms with E-state index < -0.39 is 0 Å². The Morgan fingerprint density at radius 3 is 1.44 bits per heavy atom. The van der Waals surface area contributed by atoms with Crippen LogP contribution in [0.4, 0.5) is 0 Å². The first-order valence-corrected chi connectivity index (χ1v) is 11.6. The summed E-state index contributed by atoms with van der Waals surface area (Å²) in [5.41, 5.74) is 4.85. The summed E-state index contributed by atoms with van der Waals surface area (Å²) < 4.78 is 4.11. The second kappa shape index (κ2) is 8.24. The molecule has 2 nitrogen and oxygen atoms in total. The SMILES string of the molecule is C[n+]1ccc(/C=C/c2cc(/C=C/c3cc[n+](C)cc3)c3ccc4cccc5ccc2c3c54)cc1. The molecule has 0 saturated heterocycles. The second-order valence-corrected chi connectivity index (χ2v) is 9.00. The van der Waals surface area contributed by atoms with Crippen LogP contribution in [0.5, 0.6) is 0 Å². The molecule has 0 radical (unpaired) electrons. The molecule has 0 amide bonds. The minimum absolute atomic E-state index is 1.19. The van der Waals surface area contributed by atoms with Crippen molar-refractivity contribution in [3.63, 3.8) is 0 Å². The van der Waals surface area contributed by atoms with Gasteiger partial charge >= 0.3 is 0 Å². The third-order valence-corrected chi connectivity index (χ3v) is 6.63. The number of aryl methyl sites for hydroxylation is 2. The quantitative estimate of drug-likeness (QED) is 0.217. The smallest absolute Gasteiger partial charge is 0.169 e. The van der Waals surface area contributed by atoms with Gasteiger partial charge in [-0.05, 0) is 60.6 Å². The van der Waals surface area contributed by atoms with Gasteiger partial charge < -0.3 is 0 Å². The van der Waals surface area contributed by atoms with E-state index in [1.807, 2.05) is 14.1 Å². The molecule has 0 unspecified atom stereocenters. The van der Waals surface area contributed by atoms with Crippen molar-refractivity contribution in [2.45, 2.75) is 0 Å². The molecule has 0 aliphatic carbocycles. The van der Waals surface area contributed by atoms with Crippen LogP contribution in [0.25, 0.3) is 56.6 Å². The molecule has 0 spiro atoms. The van der Waals surface area contributed by atoms with Gasteiger partial charge in [0, 0.05) is 24.3 Å². The number of hydrogen-bond acceptors (Lipinski definition) is 0. The third-order valence-electron chi connectivity index (χ3n) is 6.63. The summed E-state index contributed by atoms with van der Waals surface area (Å²) in [5, 5.41) is 7.86. The molecule has 2 heterocycles. The largest absolute Gasteiger partial charge is 0.208 e. The number of hydrogen-bond donors (Lipinski definition) is 0. The van der Waals surface area contributed by atoms with Crippen LogP contribution in [0.3, 0.4) is 0 Å². The zero-order valence-corrected chi connectivity index (χ0v) is 19.4. The molecule has 2 aromatic heterocycles. The molecule has 4 aromatic carbocycles. The van der Waals surface area contributed by atoms with Gasteiger partial charge in [-0.3, -0.25) is 0 Å². The molecule has 0 atom stereocenters. The van der Waals surface area contributed by atoms with Gasteiger partial charge in [-0.15, -0.1) is 0 Å². The first-order valence-electron chi connectivity index (χ1n) is 11.6. The zero-order chi connectivity index (χ0) is 23.1. The summed E-state index contributed by atoms with van der Waals surface area (Å²) in [5.74, 6) is 0. The minimum atomic E-state index is 1.19. The molecule has 6 rings (SSSR count). The lowest BCUT2D eigenvalue weighted by atomic mass is 9.89. The molecule has 6 aromatic rings. The van der Waals surface area contributed by atoms with E-state index in [9.17, 15) is 0 Å². The van der Waals surface area contributed by atoms with Crippen molar-refractivity contribution in [1.29, 1.82) is 0 Å². The van der Waals surface area contributed by atoms with Crippen LogP contribution in [-0.2, 0) is 14.1 Å². The van der Waals surface area contributed by atoms with Gasteiger partial charge in [0.25, 0.3) is 0 Å². The Hall–Kier alpha value is -4.30. The highest BCUT2D eigenvalue weighted by molar-refractivity contribution is 6.25. The molecule has 2 heteroatoms. The Morgan fingerprint density at radius 2 is 0.971 bits per heavy atom.